The predicted molar refractivity (Wildman–Crippen MR) is 81.8 cm³/mol. The van der Waals surface area contributed by atoms with Crippen LogP contribution in [0.4, 0.5) is 14.5 Å². The summed E-state index contributed by atoms with van der Waals surface area (Å²) in [4.78, 5) is 15.7. The summed E-state index contributed by atoms with van der Waals surface area (Å²) in [7, 11) is 0. The van der Waals surface area contributed by atoms with Gasteiger partial charge in [0.15, 0.2) is 6.61 Å². The van der Waals surface area contributed by atoms with Gasteiger partial charge in [-0.15, -0.1) is 5.10 Å². The molecule has 6 nitrogen and oxygen atoms in total. The summed E-state index contributed by atoms with van der Waals surface area (Å²) in [6.45, 7) is -0.301. The average Bonchev–Trinajstić information content (AvgIpc) is 3.05. The third kappa shape index (κ3) is 3.92. The number of benzene rings is 2. The average molecular weight is 330 g/mol. The van der Waals surface area contributed by atoms with Crippen molar-refractivity contribution in [2.45, 2.75) is 0 Å². The monoisotopic (exact) mass is 330 g/mol. The van der Waals surface area contributed by atoms with E-state index in [9.17, 15) is 13.6 Å². The second-order valence-electron chi connectivity index (χ2n) is 4.79. The van der Waals surface area contributed by atoms with E-state index in [0.29, 0.717) is 11.4 Å². The van der Waals surface area contributed by atoms with Crippen LogP contribution in [0.15, 0.2) is 54.9 Å². The van der Waals surface area contributed by atoms with E-state index in [1.165, 1.54) is 59.5 Å². The second-order valence-corrected chi connectivity index (χ2v) is 4.79. The van der Waals surface area contributed by atoms with Gasteiger partial charge in [-0.2, -0.15) is 4.98 Å². The Bertz CT molecular complexity index is 832. The van der Waals surface area contributed by atoms with E-state index in [2.05, 4.69) is 15.4 Å². The highest BCUT2D eigenvalue weighted by molar-refractivity contribution is 5.91. The highest BCUT2D eigenvalue weighted by Gasteiger charge is 2.08. The standard InChI is InChI=1S/C16H12F2N4O2/c17-11-1-5-13(6-2-11)20-15(23)9-24-16-19-10-22(21-16)14-7-3-12(18)4-8-14/h1-8,10H,9H2,(H,20,23). The zero-order valence-corrected chi connectivity index (χ0v) is 12.3. The molecule has 0 radical (unpaired) electrons. The molecule has 122 valence electrons. The normalized spacial score (nSPS) is 10.4. The number of carbonyl (C=O) groups excluding carboxylic acids is 1. The Hall–Kier alpha value is -3.29. The quantitative estimate of drug-likeness (QED) is 0.781. The van der Waals surface area contributed by atoms with Crippen LogP contribution in [0.3, 0.4) is 0 Å². The van der Waals surface area contributed by atoms with E-state index in [0.717, 1.165) is 0 Å². The molecule has 0 aliphatic rings. The molecular formula is C16H12F2N4O2. The van der Waals surface area contributed by atoms with Gasteiger partial charge in [0, 0.05) is 5.69 Å². The summed E-state index contributed by atoms with van der Waals surface area (Å²) >= 11 is 0. The second kappa shape index (κ2) is 6.86. The molecule has 0 unspecified atom stereocenters. The molecule has 24 heavy (non-hydrogen) atoms. The van der Waals surface area contributed by atoms with Crippen molar-refractivity contribution in [1.29, 1.82) is 0 Å². The number of nitrogens with zero attached hydrogens (tertiary/aromatic N) is 3. The van der Waals surface area contributed by atoms with Crippen molar-refractivity contribution in [2.75, 3.05) is 11.9 Å². The third-order valence-electron chi connectivity index (χ3n) is 3.02. The minimum absolute atomic E-state index is 0.00795. The zero-order chi connectivity index (χ0) is 16.9. The van der Waals surface area contributed by atoms with E-state index in [4.69, 9.17) is 4.74 Å². The molecule has 1 heterocycles. The van der Waals surface area contributed by atoms with Crippen molar-refractivity contribution >= 4 is 11.6 Å². The molecule has 1 aromatic heterocycles. The zero-order valence-electron chi connectivity index (χ0n) is 12.3. The van der Waals surface area contributed by atoms with Crippen LogP contribution >= 0.6 is 0 Å². The molecule has 3 rings (SSSR count). The smallest absolute Gasteiger partial charge is 0.336 e. The van der Waals surface area contributed by atoms with Gasteiger partial charge in [-0.1, -0.05) is 0 Å². The number of anilines is 1. The Kier molecular flexibility index (Phi) is 4.46. The van der Waals surface area contributed by atoms with Crippen LogP contribution in [-0.2, 0) is 4.79 Å². The third-order valence-corrected chi connectivity index (χ3v) is 3.02. The minimum Gasteiger partial charge on any atom is -0.452 e. The van der Waals surface area contributed by atoms with Crippen LogP contribution < -0.4 is 10.1 Å². The molecule has 0 saturated carbocycles. The Morgan fingerprint density at radius 1 is 1.04 bits per heavy atom. The van der Waals surface area contributed by atoms with Gasteiger partial charge in [-0.3, -0.25) is 4.79 Å². The maximum absolute atomic E-state index is 12.9. The fraction of sp³-hybridized carbons (Fsp3) is 0.0625. The lowest BCUT2D eigenvalue weighted by molar-refractivity contribution is -0.118. The van der Waals surface area contributed by atoms with E-state index in [1.54, 1.807) is 0 Å². The van der Waals surface area contributed by atoms with Gasteiger partial charge in [-0.25, -0.2) is 13.5 Å². The van der Waals surface area contributed by atoms with Crippen molar-refractivity contribution in [3.05, 3.63) is 66.5 Å². The number of hydrogen-bond acceptors (Lipinski definition) is 4. The van der Waals surface area contributed by atoms with Crippen LogP contribution in [0.2, 0.25) is 0 Å². The van der Waals surface area contributed by atoms with Crippen molar-refractivity contribution < 1.29 is 18.3 Å². The summed E-state index contributed by atoms with van der Waals surface area (Å²) in [5, 5.41) is 6.58. The van der Waals surface area contributed by atoms with Gasteiger partial charge in [-0.05, 0) is 48.5 Å². The van der Waals surface area contributed by atoms with E-state index in [-0.39, 0.29) is 24.3 Å². The summed E-state index contributed by atoms with van der Waals surface area (Å²) in [6, 6.07) is 11.0. The lowest BCUT2D eigenvalue weighted by Gasteiger charge is -2.05. The first-order chi connectivity index (χ1) is 11.6. The molecule has 0 fully saturated rings. The van der Waals surface area contributed by atoms with E-state index >= 15 is 0 Å². The van der Waals surface area contributed by atoms with Gasteiger partial charge in [0.25, 0.3) is 5.91 Å². The fourth-order valence-electron chi connectivity index (χ4n) is 1.89. The number of ether oxygens (including phenoxy) is 1. The van der Waals surface area contributed by atoms with Gasteiger partial charge in [0.2, 0.25) is 0 Å². The molecular weight excluding hydrogens is 318 g/mol. The van der Waals surface area contributed by atoms with Crippen LogP contribution in [0.25, 0.3) is 5.69 Å². The lowest BCUT2D eigenvalue weighted by atomic mass is 10.3. The number of carbonyl (C=O) groups is 1. The molecule has 8 heteroatoms. The van der Waals surface area contributed by atoms with Crippen molar-refractivity contribution in [2.24, 2.45) is 0 Å². The van der Waals surface area contributed by atoms with Crippen molar-refractivity contribution in [3.63, 3.8) is 0 Å². The minimum atomic E-state index is -0.431. The topological polar surface area (TPSA) is 69.0 Å². The molecule has 0 aliphatic carbocycles. The largest absolute Gasteiger partial charge is 0.452 e. The first-order valence-corrected chi connectivity index (χ1v) is 6.96. The summed E-state index contributed by atoms with van der Waals surface area (Å²) in [6.07, 6.45) is 1.39. The van der Waals surface area contributed by atoms with Crippen LogP contribution in [0.5, 0.6) is 6.01 Å². The van der Waals surface area contributed by atoms with Gasteiger partial charge < -0.3 is 10.1 Å². The number of aromatic nitrogens is 3. The van der Waals surface area contributed by atoms with Crippen LogP contribution in [0, 0.1) is 11.6 Å². The molecule has 0 atom stereocenters. The van der Waals surface area contributed by atoms with Gasteiger partial charge in [0.05, 0.1) is 5.69 Å². The molecule has 0 bridgehead atoms. The molecule has 1 N–H and O–H groups in total. The number of nitrogens with one attached hydrogen (secondary N) is 1. The molecule has 0 spiro atoms. The van der Waals surface area contributed by atoms with Gasteiger partial charge in [0.1, 0.15) is 18.0 Å². The predicted octanol–water partition coefficient (Wildman–Crippen LogP) is 2.56. The number of rotatable bonds is 5. The number of halogens is 2. The highest BCUT2D eigenvalue weighted by atomic mass is 19.1. The molecule has 3 aromatic rings. The molecule has 1 amide bonds. The molecule has 0 aliphatic heterocycles. The maximum atomic E-state index is 12.9. The Morgan fingerprint density at radius 2 is 1.67 bits per heavy atom. The van der Waals surface area contributed by atoms with Crippen LogP contribution in [-0.4, -0.2) is 27.3 Å². The van der Waals surface area contributed by atoms with E-state index in [1.807, 2.05) is 0 Å². The van der Waals surface area contributed by atoms with Gasteiger partial charge >= 0.3 is 6.01 Å². The summed E-state index contributed by atoms with van der Waals surface area (Å²) < 4.78 is 32.2. The highest BCUT2D eigenvalue weighted by Crippen LogP contribution is 2.11. The Morgan fingerprint density at radius 3 is 2.33 bits per heavy atom. The fourth-order valence-corrected chi connectivity index (χ4v) is 1.89. The van der Waals surface area contributed by atoms with Crippen LogP contribution in [0.1, 0.15) is 0 Å². The van der Waals surface area contributed by atoms with Crippen molar-refractivity contribution in [3.8, 4) is 11.7 Å². The SMILES string of the molecule is O=C(COc1ncn(-c2ccc(F)cc2)n1)Nc1ccc(F)cc1. The Labute approximate surface area is 135 Å². The van der Waals surface area contributed by atoms with Crippen molar-refractivity contribution in [1.82, 2.24) is 14.8 Å². The maximum Gasteiger partial charge on any atom is 0.336 e. The molecule has 2 aromatic carbocycles. The molecule has 0 saturated heterocycles. The van der Waals surface area contributed by atoms with E-state index < -0.39 is 5.91 Å². The number of amides is 1. The number of hydrogen-bond donors (Lipinski definition) is 1. The summed E-state index contributed by atoms with van der Waals surface area (Å²) in [5.41, 5.74) is 1.06. The summed E-state index contributed by atoms with van der Waals surface area (Å²) in [5.74, 6) is -1.17. The lowest BCUT2D eigenvalue weighted by Crippen LogP contribution is -2.20. The first-order valence-electron chi connectivity index (χ1n) is 6.96. The first kappa shape index (κ1) is 15.6. The Balaban J connectivity index is 1.56.